The highest BCUT2D eigenvalue weighted by molar-refractivity contribution is 5.42. The van der Waals surface area contributed by atoms with Crippen molar-refractivity contribution in [1.82, 2.24) is 4.98 Å². The molecule has 0 saturated heterocycles. The lowest BCUT2D eigenvalue weighted by atomic mass is 9.88. The van der Waals surface area contributed by atoms with Gasteiger partial charge in [-0.2, -0.15) is 0 Å². The fourth-order valence-corrected chi connectivity index (χ4v) is 1.26. The summed E-state index contributed by atoms with van der Waals surface area (Å²) in [7, 11) is 0. The molecule has 0 fully saturated rings. The second-order valence-electron chi connectivity index (χ2n) is 4.43. The number of anilines is 1. The van der Waals surface area contributed by atoms with Gasteiger partial charge in [0.15, 0.2) is 0 Å². The van der Waals surface area contributed by atoms with Gasteiger partial charge in [0.1, 0.15) is 0 Å². The molecule has 1 heterocycles. The maximum atomic E-state index is 9.26. The van der Waals surface area contributed by atoms with Gasteiger partial charge in [0.2, 0.25) is 0 Å². The molecule has 1 unspecified atom stereocenters. The highest BCUT2D eigenvalue weighted by Gasteiger charge is 2.20. The quantitative estimate of drug-likeness (QED) is 0.779. The van der Waals surface area contributed by atoms with Crippen LogP contribution in [-0.2, 0) is 0 Å². The Labute approximate surface area is 91.5 Å². The Morgan fingerprint density at radius 3 is 2.73 bits per heavy atom. The molecule has 1 aromatic rings. The first-order valence-corrected chi connectivity index (χ1v) is 5.36. The molecule has 0 aliphatic heterocycles. The summed E-state index contributed by atoms with van der Waals surface area (Å²) < 4.78 is 0. The normalized spacial score (nSPS) is 14.7. The van der Waals surface area contributed by atoms with E-state index in [1.165, 1.54) is 0 Å². The van der Waals surface area contributed by atoms with E-state index in [4.69, 9.17) is 0 Å². The second kappa shape index (κ2) is 5.12. The van der Waals surface area contributed by atoms with Crippen molar-refractivity contribution in [2.24, 2.45) is 5.41 Å². The molecule has 0 aliphatic rings. The van der Waals surface area contributed by atoms with Crippen LogP contribution in [0.5, 0.6) is 0 Å². The number of nitrogens with one attached hydrogen (secondary N) is 1. The molecule has 2 N–H and O–H groups in total. The van der Waals surface area contributed by atoms with Crippen molar-refractivity contribution >= 4 is 5.69 Å². The molecule has 0 radical (unpaired) electrons. The number of aliphatic hydroxyl groups is 1. The number of aromatic nitrogens is 1. The number of pyridine rings is 1. The molecule has 1 rings (SSSR count). The van der Waals surface area contributed by atoms with Crippen LogP contribution in [0.15, 0.2) is 18.5 Å². The minimum Gasteiger partial charge on any atom is -0.396 e. The minimum atomic E-state index is -0.0518. The minimum absolute atomic E-state index is 0.0518. The van der Waals surface area contributed by atoms with Crippen LogP contribution in [-0.4, -0.2) is 23.2 Å². The Morgan fingerprint density at radius 1 is 1.47 bits per heavy atom. The molecule has 0 amide bonds. The molecule has 1 aromatic heterocycles. The van der Waals surface area contributed by atoms with Gasteiger partial charge in [-0.25, -0.2) is 0 Å². The first-order chi connectivity index (χ1) is 7.09. The third-order valence-corrected chi connectivity index (χ3v) is 2.83. The van der Waals surface area contributed by atoms with Crippen LogP contribution < -0.4 is 5.32 Å². The molecule has 0 aliphatic carbocycles. The van der Waals surface area contributed by atoms with E-state index in [1.54, 1.807) is 6.20 Å². The Hall–Kier alpha value is -1.09. The summed E-state index contributed by atoms with van der Waals surface area (Å²) in [6.07, 6.45) is 4.59. The lowest BCUT2D eigenvalue weighted by molar-refractivity contribution is 0.149. The lowest BCUT2D eigenvalue weighted by Gasteiger charge is -2.26. The number of hydrogen-bond acceptors (Lipinski definition) is 3. The molecule has 0 saturated carbocycles. The molecule has 3 heteroatoms. The van der Waals surface area contributed by atoms with Gasteiger partial charge in [-0.1, -0.05) is 13.8 Å². The van der Waals surface area contributed by atoms with Crippen molar-refractivity contribution < 1.29 is 5.11 Å². The Balaban J connectivity index is 2.56. The number of nitrogens with zero attached hydrogens (tertiary/aromatic N) is 1. The van der Waals surface area contributed by atoms with Crippen molar-refractivity contribution in [2.75, 3.05) is 18.5 Å². The molecule has 84 valence electrons. The summed E-state index contributed by atoms with van der Waals surface area (Å²) in [6.45, 7) is 7.15. The smallest absolute Gasteiger partial charge is 0.0529 e. The fraction of sp³-hybridized carbons (Fsp3) is 0.583. The van der Waals surface area contributed by atoms with Gasteiger partial charge in [0.05, 0.1) is 12.3 Å². The van der Waals surface area contributed by atoms with Crippen molar-refractivity contribution in [3.05, 3.63) is 24.0 Å². The third-order valence-electron chi connectivity index (χ3n) is 2.83. The van der Waals surface area contributed by atoms with Gasteiger partial charge < -0.3 is 10.4 Å². The van der Waals surface area contributed by atoms with Crippen molar-refractivity contribution in [3.63, 3.8) is 0 Å². The van der Waals surface area contributed by atoms with Gasteiger partial charge >= 0.3 is 0 Å². The summed E-state index contributed by atoms with van der Waals surface area (Å²) in [4.78, 5) is 4.11. The molecule has 1 atom stereocenters. The first kappa shape index (κ1) is 12.0. The predicted molar refractivity (Wildman–Crippen MR) is 62.9 cm³/mol. The molecule has 0 spiro atoms. The highest BCUT2D eigenvalue weighted by atomic mass is 16.3. The summed E-state index contributed by atoms with van der Waals surface area (Å²) in [5.74, 6) is 0. The Morgan fingerprint density at radius 2 is 2.20 bits per heavy atom. The van der Waals surface area contributed by atoms with Crippen LogP contribution in [0.3, 0.4) is 0 Å². The zero-order valence-electron chi connectivity index (χ0n) is 9.75. The van der Waals surface area contributed by atoms with Crippen molar-refractivity contribution in [1.29, 1.82) is 0 Å². The van der Waals surface area contributed by atoms with Crippen LogP contribution in [0, 0.1) is 12.3 Å². The van der Waals surface area contributed by atoms with E-state index in [0.717, 1.165) is 24.2 Å². The van der Waals surface area contributed by atoms with Gasteiger partial charge in [-0.3, -0.25) is 4.98 Å². The SMILES string of the molecule is CCC(C)(CO)CNc1cncc(C)c1. The van der Waals surface area contributed by atoms with Gasteiger partial charge in [0.25, 0.3) is 0 Å². The van der Waals surface area contributed by atoms with Gasteiger partial charge in [-0.05, 0) is 25.0 Å². The zero-order chi connectivity index (χ0) is 11.3. The lowest BCUT2D eigenvalue weighted by Crippen LogP contribution is -2.29. The molecule has 0 aromatic carbocycles. The number of rotatable bonds is 5. The highest BCUT2D eigenvalue weighted by Crippen LogP contribution is 2.20. The van der Waals surface area contributed by atoms with E-state index in [1.807, 2.05) is 13.1 Å². The van der Waals surface area contributed by atoms with Crippen LogP contribution in [0.2, 0.25) is 0 Å². The standard InChI is InChI=1S/C12H20N2O/c1-4-12(3,9-15)8-14-11-5-10(2)6-13-7-11/h5-7,14-15H,4,8-9H2,1-3H3. The molecular weight excluding hydrogens is 188 g/mol. The van der Waals surface area contributed by atoms with Crippen molar-refractivity contribution in [2.45, 2.75) is 27.2 Å². The summed E-state index contributed by atoms with van der Waals surface area (Å²) in [6, 6.07) is 2.06. The van der Waals surface area contributed by atoms with Crippen molar-refractivity contribution in [3.8, 4) is 0 Å². The topological polar surface area (TPSA) is 45.1 Å². The predicted octanol–water partition coefficient (Wildman–Crippen LogP) is 2.21. The van der Waals surface area contributed by atoms with E-state index in [2.05, 4.69) is 30.2 Å². The molecule has 15 heavy (non-hydrogen) atoms. The summed E-state index contributed by atoms with van der Waals surface area (Å²) in [5, 5.41) is 12.6. The fourth-order valence-electron chi connectivity index (χ4n) is 1.26. The van der Waals surface area contributed by atoms with Gasteiger partial charge in [0, 0.05) is 24.4 Å². The average Bonchev–Trinajstić information content (AvgIpc) is 2.26. The molecule has 0 bridgehead atoms. The maximum Gasteiger partial charge on any atom is 0.0529 e. The second-order valence-corrected chi connectivity index (χ2v) is 4.43. The number of hydrogen-bond donors (Lipinski definition) is 2. The zero-order valence-corrected chi connectivity index (χ0v) is 9.75. The number of aryl methyl sites for hydroxylation is 1. The number of aliphatic hydroxyl groups excluding tert-OH is 1. The molecular formula is C12H20N2O. The third kappa shape index (κ3) is 3.51. The van der Waals surface area contributed by atoms with Gasteiger partial charge in [-0.15, -0.1) is 0 Å². The Bertz CT molecular complexity index is 308. The van der Waals surface area contributed by atoms with Crippen LogP contribution in [0.4, 0.5) is 5.69 Å². The van der Waals surface area contributed by atoms with E-state index in [-0.39, 0.29) is 12.0 Å². The van der Waals surface area contributed by atoms with E-state index in [0.29, 0.717) is 0 Å². The maximum absolute atomic E-state index is 9.26. The summed E-state index contributed by atoms with van der Waals surface area (Å²) in [5.41, 5.74) is 2.11. The average molecular weight is 208 g/mol. The van der Waals surface area contributed by atoms with E-state index >= 15 is 0 Å². The van der Waals surface area contributed by atoms with Crippen LogP contribution >= 0.6 is 0 Å². The first-order valence-electron chi connectivity index (χ1n) is 5.36. The van der Waals surface area contributed by atoms with E-state index in [9.17, 15) is 5.11 Å². The van der Waals surface area contributed by atoms with Crippen LogP contribution in [0.1, 0.15) is 25.8 Å². The summed E-state index contributed by atoms with van der Waals surface area (Å²) >= 11 is 0. The van der Waals surface area contributed by atoms with Crippen LogP contribution in [0.25, 0.3) is 0 Å². The largest absolute Gasteiger partial charge is 0.396 e. The molecule has 3 nitrogen and oxygen atoms in total. The Kier molecular flexibility index (Phi) is 4.09. The van der Waals surface area contributed by atoms with E-state index < -0.39 is 0 Å². The monoisotopic (exact) mass is 208 g/mol.